The number of nitrogens with two attached hydrogens (primary N) is 1. The van der Waals surface area contributed by atoms with Gasteiger partial charge in [-0.25, -0.2) is 27.1 Å². The van der Waals surface area contributed by atoms with Gasteiger partial charge >= 0.3 is 5.97 Å². The molecule has 10 heteroatoms. The predicted octanol–water partition coefficient (Wildman–Crippen LogP) is 3.60. The van der Waals surface area contributed by atoms with Crippen molar-refractivity contribution in [3.63, 3.8) is 0 Å². The SMILES string of the molecule is NS(=O)(=O)c1c(F)cc(C2=C(c3cc(Br)cc(Br)c3)C(=O)OC2)cc1F. The smallest absolute Gasteiger partial charge is 0.339 e. The first kappa shape index (κ1) is 19.2. The second-order valence-corrected chi connectivity index (χ2v) is 8.73. The summed E-state index contributed by atoms with van der Waals surface area (Å²) in [6.45, 7) is -0.202. The maximum atomic E-state index is 14.2. The Morgan fingerprint density at radius 1 is 0.962 bits per heavy atom. The molecule has 0 bridgehead atoms. The molecule has 0 saturated heterocycles. The number of sulfonamides is 1. The third-order valence-electron chi connectivity index (χ3n) is 3.64. The molecule has 0 atom stereocenters. The number of ether oxygens (including phenoxy) is 1. The molecule has 0 amide bonds. The highest BCUT2D eigenvalue weighted by Gasteiger charge is 2.30. The van der Waals surface area contributed by atoms with Crippen LogP contribution in [0.4, 0.5) is 8.78 Å². The zero-order chi connectivity index (χ0) is 19.2. The molecule has 1 heterocycles. The van der Waals surface area contributed by atoms with Crippen LogP contribution in [0.25, 0.3) is 11.1 Å². The van der Waals surface area contributed by atoms with E-state index < -0.39 is 32.5 Å². The van der Waals surface area contributed by atoms with E-state index in [9.17, 15) is 22.0 Å². The van der Waals surface area contributed by atoms with Crippen LogP contribution in [0.1, 0.15) is 11.1 Å². The number of esters is 1. The molecule has 2 aromatic rings. The van der Waals surface area contributed by atoms with Crippen molar-refractivity contribution >= 4 is 59.0 Å². The molecule has 1 aliphatic rings. The van der Waals surface area contributed by atoms with Crippen molar-refractivity contribution in [2.24, 2.45) is 5.14 Å². The van der Waals surface area contributed by atoms with Crippen LogP contribution in [-0.4, -0.2) is 21.0 Å². The molecular weight excluding hydrogens is 500 g/mol. The van der Waals surface area contributed by atoms with Gasteiger partial charge in [-0.15, -0.1) is 0 Å². The van der Waals surface area contributed by atoms with Crippen LogP contribution >= 0.6 is 31.9 Å². The van der Waals surface area contributed by atoms with Crippen LogP contribution in [0.15, 0.2) is 44.2 Å². The lowest BCUT2D eigenvalue weighted by molar-refractivity contribution is -0.133. The van der Waals surface area contributed by atoms with Crippen LogP contribution in [0.2, 0.25) is 0 Å². The summed E-state index contributed by atoms with van der Waals surface area (Å²) in [7, 11) is -4.57. The van der Waals surface area contributed by atoms with Crippen LogP contribution in [-0.2, 0) is 19.6 Å². The van der Waals surface area contributed by atoms with Crippen molar-refractivity contribution in [1.82, 2.24) is 0 Å². The third kappa shape index (κ3) is 3.59. The number of carbonyl (C=O) groups excluding carboxylic acids is 1. The Morgan fingerprint density at radius 3 is 2.00 bits per heavy atom. The summed E-state index contributed by atoms with van der Waals surface area (Å²) in [5.74, 6) is -3.34. The summed E-state index contributed by atoms with van der Waals surface area (Å²) in [5, 5.41) is 4.83. The van der Waals surface area contributed by atoms with Gasteiger partial charge in [0.1, 0.15) is 18.2 Å². The van der Waals surface area contributed by atoms with Crippen LogP contribution < -0.4 is 5.14 Å². The van der Waals surface area contributed by atoms with E-state index in [1.165, 1.54) is 0 Å². The van der Waals surface area contributed by atoms with Crippen molar-refractivity contribution in [1.29, 1.82) is 0 Å². The minimum Gasteiger partial charge on any atom is -0.457 e. The van der Waals surface area contributed by atoms with E-state index in [1.54, 1.807) is 18.2 Å². The molecular formula is C16H9Br2F2NO4S. The fourth-order valence-corrected chi connectivity index (χ4v) is 4.58. The fraction of sp³-hybridized carbons (Fsp3) is 0.0625. The Balaban J connectivity index is 2.24. The number of carbonyl (C=O) groups is 1. The van der Waals surface area contributed by atoms with Gasteiger partial charge in [0.2, 0.25) is 10.0 Å². The van der Waals surface area contributed by atoms with Crippen molar-refractivity contribution in [3.8, 4) is 0 Å². The quantitative estimate of drug-likeness (QED) is 0.642. The molecule has 0 saturated carbocycles. The number of primary sulfonamides is 1. The number of hydrogen-bond acceptors (Lipinski definition) is 4. The van der Waals surface area contributed by atoms with E-state index in [2.05, 4.69) is 31.9 Å². The maximum Gasteiger partial charge on any atom is 0.339 e. The van der Waals surface area contributed by atoms with Gasteiger partial charge in [-0.2, -0.15) is 0 Å². The van der Waals surface area contributed by atoms with Crippen molar-refractivity contribution < 1.29 is 26.7 Å². The Kier molecular flexibility index (Phi) is 5.04. The van der Waals surface area contributed by atoms with E-state index in [0.717, 1.165) is 12.1 Å². The first-order valence-corrected chi connectivity index (χ1v) is 10.1. The second-order valence-electron chi connectivity index (χ2n) is 5.40. The minimum absolute atomic E-state index is 0.00986. The van der Waals surface area contributed by atoms with Gasteiger partial charge in [0, 0.05) is 14.5 Å². The molecule has 3 rings (SSSR count). The average Bonchev–Trinajstić information content (AvgIpc) is 2.85. The van der Waals surface area contributed by atoms with Crippen LogP contribution in [0, 0.1) is 11.6 Å². The molecule has 0 radical (unpaired) electrons. The maximum absolute atomic E-state index is 14.2. The first-order valence-electron chi connectivity index (χ1n) is 6.97. The van der Waals surface area contributed by atoms with Crippen molar-refractivity contribution in [3.05, 3.63) is 62.0 Å². The predicted molar refractivity (Wildman–Crippen MR) is 97.3 cm³/mol. The van der Waals surface area contributed by atoms with Crippen LogP contribution in [0.5, 0.6) is 0 Å². The molecule has 136 valence electrons. The fourth-order valence-electron chi connectivity index (χ4n) is 2.63. The summed E-state index contributed by atoms with van der Waals surface area (Å²) < 4.78 is 57.3. The molecule has 0 fully saturated rings. The van der Waals surface area contributed by atoms with Gasteiger partial charge in [-0.3, -0.25) is 0 Å². The van der Waals surface area contributed by atoms with Crippen molar-refractivity contribution in [2.75, 3.05) is 6.61 Å². The zero-order valence-corrected chi connectivity index (χ0v) is 16.7. The average molecular weight is 509 g/mol. The topological polar surface area (TPSA) is 86.5 Å². The summed E-state index contributed by atoms with van der Waals surface area (Å²) in [5.41, 5.74) is 0.831. The van der Waals surface area contributed by atoms with Gasteiger partial charge in [-0.1, -0.05) is 31.9 Å². The van der Waals surface area contributed by atoms with Gasteiger partial charge in [0.05, 0.1) is 5.57 Å². The highest BCUT2D eigenvalue weighted by Crippen LogP contribution is 2.36. The number of halogens is 4. The number of cyclic esters (lactones) is 1. The Bertz CT molecular complexity index is 1040. The number of benzene rings is 2. The number of hydrogen-bond donors (Lipinski definition) is 1. The highest BCUT2D eigenvalue weighted by atomic mass is 79.9. The third-order valence-corrected chi connectivity index (χ3v) is 5.51. The summed E-state index contributed by atoms with van der Waals surface area (Å²) >= 11 is 6.61. The molecule has 0 unspecified atom stereocenters. The molecule has 0 aromatic heterocycles. The lowest BCUT2D eigenvalue weighted by atomic mass is 9.96. The molecule has 5 nitrogen and oxygen atoms in total. The molecule has 26 heavy (non-hydrogen) atoms. The largest absolute Gasteiger partial charge is 0.457 e. The summed E-state index contributed by atoms with van der Waals surface area (Å²) in [6.07, 6.45) is 0. The molecule has 2 aromatic carbocycles. The lowest BCUT2D eigenvalue weighted by Crippen LogP contribution is -2.16. The highest BCUT2D eigenvalue weighted by molar-refractivity contribution is 9.11. The van der Waals surface area contributed by atoms with E-state index in [-0.39, 0.29) is 23.3 Å². The lowest BCUT2D eigenvalue weighted by Gasteiger charge is -2.09. The minimum atomic E-state index is -4.57. The van der Waals surface area contributed by atoms with E-state index in [0.29, 0.717) is 14.5 Å². The molecule has 2 N–H and O–H groups in total. The summed E-state index contributed by atoms with van der Waals surface area (Å²) in [4.78, 5) is 10.9. The van der Waals surface area contributed by atoms with Gasteiger partial charge in [0.25, 0.3) is 0 Å². The normalized spacial score (nSPS) is 14.7. The molecule has 1 aliphatic heterocycles. The van der Waals surface area contributed by atoms with Crippen molar-refractivity contribution in [2.45, 2.75) is 4.90 Å². The standard InChI is InChI=1S/C16H9Br2F2NO4S/c17-9-1-8(2-10(18)5-9)14-11(6-25-16(14)22)7-3-12(19)15(13(20)4-7)26(21,23)24/h1-5H,6H2,(H2,21,23,24). The first-order chi connectivity index (χ1) is 12.1. The molecule has 0 spiro atoms. The number of rotatable bonds is 3. The van der Waals surface area contributed by atoms with Gasteiger partial charge < -0.3 is 4.74 Å². The van der Waals surface area contributed by atoms with E-state index in [4.69, 9.17) is 9.88 Å². The van der Waals surface area contributed by atoms with E-state index in [1.807, 2.05) is 0 Å². The Hall–Kier alpha value is -1.62. The van der Waals surface area contributed by atoms with Gasteiger partial charge in [-0.05, 0) is 41.5 Å². The van der Waals surface area contributed by atoms with E-state index >= 15 is 0 Å². The van der Waals surface area contributed by atoms with Crippen LogP contribution in [0.3, 0.4) is 0 Å². The zero-order valence-electron chi connectivity index (χ0n) is 12.7. The van der Waals surface area contributed by atoms with Gasteiger partial charge in [0.15, 0.2) is 4.90 Å². The Morgan fingerprint density at radius 2 is 1.50 bits per heavy atom. The molecule has 0 aliphatic carbocycles. The second kappa shape index (κ2) is 6.84. The monoisotopic (exact) mass is 507 g/mol. The summed E-state index contributed by atoms with van der Waals surface area (Å²) in [6, 6.07) is 6.68. The Labute approximate surface area is 164 Å².